The van der Waals surface area contributed by atoms with Crippen molar-refractivity contribution in [2.24, 2.45) is 23.2 Å². The topological polar surface area (TPSA) is 98.7 Å². The zero-order chi connectivity index (χ0) is 27.2. The molecule has 206 valence electrons. The van der Waals surface area contributed by atoms with E-state index in [1.807, 2.05) is 34.6 Å². The molecule has 1 spiro atoms. The van der Waals surface area contributed by atoms with Crippen LogP contribution in [0.3, 0.4) is 0 Å². The SMILES string of the molecule is CCCNC(=O)[C@H]1[C@@H]2SC3(CC2Br)C(C(=O)NC(C)(C)CC(C)(C)C)N([C@@H](CO)[C@@H](C)CC)C(=O)[C@H]13. The van der Waals surface area contributed by atoms with E-state index in [9.17, 15) is 19.5 Å². The molecule has 3 rings (SSSR count). The van der Waals surface area contributed by atoms with Crippen molar-refractivity contribution >= 4 is 45.4 Å². The van der Waals surface area contributed by atoms with Crippen LogP contribution in [0.4, 0.5) is 0 Å². The standard InChI is InChI=1S/C27H46BrN3O4S/c1-9-11-29-22(33)18-19-24(35)31(17(13-32)15(3)10-2)21(27(19)12-16(28)20(18)36-27)23(34)30-26(7,8)14-25(4,5)6/h15-21,32H,9-14H2,1-8H3,(H,29,33)(H,30,34)/t15-,16?,17-,18+,19-,20+,21?,27?/m0/s1. The van der Waals surface area contributed by atoms with Gasteiger partial charge in [0.2, 0.25) is 17.7 Å². The number of alkyl halides is 1. The largest absolute Gasteiger partial charge is 0.394 e. The molecule has 0 aromatic rings. The average molecular weight is 589 g/mol. The van der Waals surface area contributed by atoms with Crippen LogP contribution in [-0.2, 0) is 14.4 Å². The van der Waals surface area contributed by atoms with Gasteiger partial charge >= 0.3 is 0 Å². The molecule has 2 bridgehead atoms. The summed E-state index contributed by atoms with van der Waals surface area (Å²) in [5.74, 6) is -1.49. The van der Waals surface area contributed by atoms with Crippen molar-refractivity contribution in [3.8, 4) is 0 Å². The highest BCUT2D eigenvalue weighted by atomic mass is 79.9. The molecule has 3 unspecified atom stereocenters. The first-order chi connectivity index (χ1) is 16.6. The minimum Gasteiger partial charge on any atom is -0.394 e. The number of aliphatic hydroxyl groups is 1. The van der Waals surface area contributed by atoms with Gasteiger partial charge in [-0.05, 0) is 44.4 Å². The predicted octanol–water partition coefficient (Wildman–Crippen LogP) is 3.72. The van der Waals surface area contributed by atoms with Crippen LogP contribution in [0.25, 0.3) is 0 Å². The molecule has 3 N–H and O–H groups in total. The molecule has 3 heterocycles. The molecule has 8 atom stereocenters. The highest BCUT2D eigenvalue weighted by Gasteiger charge is 2.76. The first-order valence-electron chi connectivity index (χ1n) is 13.5. The second kappa shape index (κ2) is 10.8. The highest BCUT2D eigenvalue weighted by Crippen LogP contribution is 2.68. The van der Waals surface area contributed by atoms with Gasteiger partial charge in [0.1, 0.15) is 6.04 Å². The van der Waals surface area contributed by atoms with E-state index < -0.39 is 34.2 Å². The molecule has 3 saturated heterocycles. The van der Waals surface area contributed by atoms with Crippen LogP contribution in [0.15, 0.2) is 0 Å². The van der Waals surface area contributed by atoms with Crippen molar-refractivity contribution in [1.29, 1.82) is 0 Å². The Morgan fingerprint density at radius 3 is 2.39 bits per heavy atom. The number of nitrogens with zero attached hydrogens (tertiary/aromatic N) is 1. The monoisotopic (exact) mass is 587 g/mol. The highest BCUT2D eigenvalue weighted by molar-refractivity contribution is 9.09. The quantitative estimate of drug-likeness (QED) is 0.338. The van der Waals surface area contributed by atoms with Crippen LogP contribution >= 0.6 is 27.7 Å². The Kier molecular flexibility index (Phi) is 8.89. The van der Waals surface area contributed by atoms with Gasteiger partial charge in [-0.15, -0.1) is 11.8 Å². The summed E-state index contributed by atoms with van der Waals surface area (Å²) in [4.78, 5) is 43.5. The number of thioether (sulfide) groups is 1. The Balaban J connectivity index is 2.07. The van der Waals surface area contributed by atoms with Crippen molar-refractivity contribution < 1.29 is 19.5 Å². The molecule has 7 nitrogen and oxygen atoms in total. The number of likely N-dealkylation sites (tertiary alicyclic amines) is 1. The lowest BCUT2D eigenvalue weighted by atomic mass is 9.70. The van der Waals surface area contributed by atoms with Crippen molar-refractivity contribution in [1.82, 2.24) is 15.5 Å². The minimum absolute atomic E-state index is 0.0110. The summed E-state index contributed by atoms with van der Waals surface area (Å²) in [7, 11) is 0. The molecule has 36 heavy (non-hydrogen) atoms. The summed E-state index contributed by atoms with van der Waals surface area (Å²) < 4.78 is -0.701. The van der Waals surface area contributed by atoms with Crippen LogP contribution in [-0.4, -0.2) is 73.3 Å². The molecule has 0 radical (unpaired) electrons. The molecule has 3 amide bonds. The second-order valence-electron chi connectivity index (χ2n) is 12.9. The number of carbonyl (C=O) groups is 3. The van der Waals surface area contributed by atoms with E-state index >= 15 is 0 Å². The Morgan fingerprint density at radius 1 is 1.22 bits per heavy atom. The molecular weight excluding hydrogens is 542 g/mol. The van der Waals surface area contributed by atoms with Gasteiger partial charge in [0, 0.05) is 22.2 Å². The molecule has 0 aromatic carbocycles. The number of fused-ring (bicyclic) bond motifs is 1. The maximum absolute atomic E-state index is 14.2. The summed E-state index contributed by atoms with van der Waals surface area (Å²) in [6, 6.07) is -1.21. The summed E-state index contributed by atoms with van der Waals surface area (Å²) in [6.07, 6.45) is 3.01. The van der Waals surface area contributed by atoms with E-state index in [1.54, 1.807) is 16.7 Å². The van der Waals surface area contributed by atoms with Crippen molar-refractivity contribution in [2.75, 3.05) is 13.2 Å². The predicted molar refractivity (Wildman–Crippen MR) is 149 cm³/mol. The lowest BCUT2D eigenvalue weighted by Crippen LogP contribution is -2.61. The number of hydrogen-bond donors (Lipinski definition) is 3. The van der Waals surface area contributed by atoms with Crippen LogP contribution < -0.4 is 10.6 Å². The number of halogens is 1. The van der Waals surface area contributed by atoms with Gasteiger partial charge in [-0.2, -0.15) is 0 Å². The zero-order valence-electron chi connectivity index (χ0n) is 23.2. The Morgan fingerprint density at radius 2 is 1.86 bits per heavy atom. The van der Waals surface area contributed by atoms with Crippen molar-refractivity contribution in [3.63, 3.8) is 0 Å². The third-order valence-corrected chi connectivity index (χ3v) is 11.3. The Hall–Kier alpha value is -0.800. The normalized spacial score (nSPS) is 33.4. The van der Waals surface area contributed by atoms with E-state index in [1.165, 1.54) is 0 Å². The van der Waals surface area contributed by atoms with Gasteiger partial charge in [-0.3, -0.25) is 14.4 Å². The van der Waals surface area contributed by atoms with Gasteiger partial charge in [0.05, 0.1) is 29.2 Å². The molecule has 0 aliphatic carbocycles. The van der Waals surface area contributed by atoms with E-state index in [2.05, 4.69) is 47.3 Å². The molecular formula is C27H46BrN3O4S. The van der Waals surface area contributed by atoms with Gasteiger partial charge in [0.25, 0.3) is 0 Å². The molecule has 0 saturated carbocycles. The van der Waals surface area contributed by atoms with E-state index in [4.69, 9.17) is 0 Å². The Labute approximate surface area is 229 Å². The summed E-state index contributed by atoms with van der Waals surface area (Å²) in [5, 5.41) is 16.7. The molecule has 0 aromatic heterocycles. The maximum Gasteiger partial charge on any atom is 0.244 e. The smallest absolute Gasteiger partial charge is 0.244 e. The summed E-state index contributed by atoms with van der Waals surface area (Å²) >= 11 is 5.45. The number of nitrogens with one attached hydrogen (secondary N) is 2. The number of hydrogen-bond acceptors (Lipinski definition) is 5. The van der Waals surface area contributed by atoms with Crippen LogP contribution in [0, 0.1) is 23.2 Å². The molecule has 3 aliphatic rings. The van der Waals surface area contributed by atoms with Crippen LogP contribution in [0.5, 0.6) is 0 Å². The van der Waals surface area contributed by atoms with Gasteiger partial charge in [0.15, 0.2) is 0 Å². The number of rotatable bonds is 10. The van der Waals surface area contributed by atoms with E-state index in [-0.39, 0.29) is 45.7 Å². The number of amides is 3. The van der Waals surface area contributed by atoms with Gasteiger partial charge in [-0.25, -0.2) is 0 Å². The summed E-state index contributed by atoms with van der Waals surface area (Å²) in [6.45, 7) is 16.9. The van der Waals surface area contributed by atoms with Gasteiger partial charge < -0.3 is 20.6 Å². The summed E-state index contributed by atoms with van der Waals surface area (Å²) in [5.41, 5.74) is -0.464. The van der Waals surface area contributed by atoms with E-state index in [0.717, 1.165) is 19.3 Å². The fraction of sp³-hybridized carbons (Fsp3) is 0.889. The fourth-order valence-corrected chi connectivity index (χ4v) is 10.6. The molecule has 3 fully saturated rings. The van der Waals surface area contributed by atoms with Gasteiger partial charge in [-0.1, -0.05) is 63.9 Å². The fourth-order valence-electron chi connectivity index (χ4n) is 6.98. The lowest BCUT2D eigenvalue weighted by molar-refractivity contribution is -0.144. The third kappa shape index (κ3) is 5.35. The van der Waals surface area contributed by atoms with Crippen LogP contribution in [0.2, 0.25) is 0 Å². The first kappa shape index (κ1) is 29.8. The maximum atomic E-state index is 14.2. The molecule has 3 aliphatic heterocycles. The minimum atomic E-state index is -0.737. The third-order valence-electron chi connectivity index (χ3n) is 8.11. The average Bonchev–Trinajstić information content (AvgIpc) is 3.34. The number of carbonyl (C=O) groups excluding carboxylic acids is 3. The first-order valence-corrected chi connectivity index (χ1v) is 15.3. The van der Waals surface area contributed by atoms with Crippen LogP contribution in [0.1, 0.15) is 81.1 Å². The zero-order valence-corrected chi connectivity index (χ0v) is 25.6. The van der Waals surface area contributed by atoms with Crippen molar-refractivity contribution in [2.45, 2.75) is 114 Å². The van der Waals surface area contributed by atoms with E-state index in [0.29, 0.717) is 13.0 Å². The Bertz CT molecular complexity index is 862. The number of aliphatic hydroxyl groups excluding tert-OH is 1. The molecule has 9 heteroatoms. The lowest BCUT2D eigenvalue weighted by Gasteiger charge is -2.41. The second-order valence-corrected chi connectivity index (χ2v) is 15.7. The van der Waals surface area contributed by atoms with Crippen molar-refractivity contribution in [3.05, 3.63) is 0 Å².